The summed E-state index contributed by atoms with van der Waals surface area (Å²) in [6.07, 6.45) is 0.706. The van der Waals surface area contributed by atoms with E-state index in [9.17, 15) is 4.79 Å². The third kappa shape index (κ3) is 3.51. The van der Waals surface area contributed by atoms with Crippen LogP contribution >= 0.6 is 11.6 Å². The van der Waals surface area contributed by atoms with Gasteiger partial charge in [-0.15, -0.1) is 11.6 Å². The third-order valence-electron chi connectivity index (χ3n) is 2.39. The first-order chi connectivity index (χ1) is 7.71. The van der Waals surface area contributed by atoms with Crippen LogP contribution in [0, 0.1) is 0 Å². The van der Waals surface area contributed by atoms with Crippen molar-refractivity contribution >= 4 is 17.5 Å². The summed E-state index contributed by atoms with van der Waals surface area (Å²) in [6.45, 7) is 1.87. The van der Waals surface area contributed by atoms with Gasteiger partial charge in [-0.25, -0.2) is 0 Å². The van der Waals surface area contributed by atoms with E-state index in [2.05, 4.69) is 5.32 Å². The summed E-state index contributed by atoms with van der Waals surface area (Å²) < 4.78 is 0. The maximum atomic E-state index is 11.8. The number of amides is 1. The quantitative estimate of drug-likeness (QED) is 0.774. The van der Waals surface area contributed by atoms with Gasteiger partial charge in [-0.3, -0.25) is 4.79 Å². The van der Waals surface area contributed by atoms with Gasteiger partial charge in [0.05, 0.1) is 12.6 Å². The van der Waals surface area contributed by atoms with Crippen molar-refractivity contribution in [3.63, 3.8) is 0 Å². The van der Waals surface area contributed by atoms with Crippen LogP contribution in [0.5, 0.6) is 0 Å². The molecule has 4 heteroatoms. The van der Waals surface area contributed by atoms with E-state index in [0.717, 1.165) is 5.56 Å². The molecule has 2 N–H and O–H groups in total. The molecule has 0 spiro atoms. The van der Waals surface area contributed by atoms with Crippen LogP contribution in [0.25, 0.3) is 0 Å². The van der Waals surface area contributed by atoms with Gasteiger partial charge in [0.2, 0.25) is 0 Å². The Morgan fingerprint density at radius 3 is 2.88 bits per heavy atom. The maximum absolute atomic E-state index is 11.8. The molecule has 88 valence electrons. The van der Waals surface area contributed by atoms with Gasteiger partial charge in [0.15, 0.2) is 0 Å². The fraction of sp³-hybridized carbons (Fsp3) is 0.417. The van der Waals surface area contributed by atoms with Gasteiger partial charge in [-0.1, -0.05) is 19.1 Å². The summed E-state index contributed by atoms with van der Waals surface area (Å²) in [5.41, 5.74) is 1.48. The van der Waals surface area contributed by atoms with Crippen LogP contribution in [-0.4, -0.2) is 23.7 Å². The fourth-order valence-corrected chi connectivity index (χ4v) is 1.51. The number of halogens is 1. The highest BCUT2D eigenvalue weighted by Gasteiger charge is 2.11. The number of aliphatic hydroxyl groups excluding tert-OH is 1. The summed E-state index contributed by atoms with van der Waals surface area (Å²) in [5.74, 6) is 0.214. The number of hydrogen-bond acceptors (Lipinski definition) is 2. The smallest absolute Gasteiger partial charge is 0.251 e. The SMILES string of the molecule is CC[C@H](CO)NC(=O)c1cccc(CCl)c1. The minimum Gasteiger partial charge on any atom is -0.394 e. The number of nitrogens with one attached hydrogen (secondary N) is 1. The van der Waals surface area contributed by atoms with Gasteiger partial charge in [-0.2, -0.15) is 0 Å². The minimum absolute atomic E-state index is 0.0442. The zero-order valence-electron chi connectivity index (χ0n) is 9.24. The van der Waals surface area contributed by atoms with Gasteiger partial charge in [0.25, 0.3) is 5.91 Å². The lowest BCUT2D eigenvalue weighted by atomic mass is 10.1. The second-order valence-corrected chi connectivity index (χ2v) is 3.86. The zero-order valence-corrected chi connectivity index (χ0v) is 10.00. The number of carbonyl (C=O) groups is 1. The van der Waals surface area contributed by atoms with Gasteiger partial charge < -0.3 is 10.4 Å². The Hall–Kier alpha value is -1.06. The molecule has 1 amide bonds. The van der Waals surface area contributed by atoms with Gasteiger partial charge >= 0.3 is 0 Å². The lowest BCUT2D eigenvalue weighted by molar-refractivity contribution is 0.0915. The molecule has 0 saturated carbocycles. The summed E-state index contributed by atoms with van der Waals surface area (Å²) >= 11 is 5.69. The molecular weight excluding hydrogens is 226 g/mol. The molecule has 1 rings (SSSR count). The van der Waals surface area contributed by atoms with E-state index < -0.39 is 0 Å². The second-order valence-electron chi connectivity index (χ2n) is 3.60. The molecule has 0 bridgehead atoms. The Kier molecular flexibility index (Phi) is 5.29. The zero-order chi connectivity index (χ0) is 12.0. The van der Waals surface area contributed by atoms with Crippen LogP contribution in [0.3, 0.4) is 0 Å². The molecule has 16 heavy (non-hydrogen) atoms. The lowest BCUT2D eigenvalue weighted by Crippen LogP contribution is -2.36. The van der Waals surface area contributed by atoms with Crippen LogP contribution in [0.15, 0.2) is 24.3 Å². The van der Waals surface area contributed by atoms with Gasteiger partial charge in [-0.05, 0) is 24.1 Å². The first-order valence-corrected chi connectivity index (χ1v) is 5.81. The largest absolute Gasteiger partial charge is 0.394 e. The fourth-order valence-electron chi connectivity index (χ4n) is 1.34. The van der Waals surface area contributed by atoms with E-state index >= 15 is 0 Å². The number of carbonyl (C=O) groups excluding carboxylic acids is 1. The lowest BCUT2D eigenvalue weighted by Gasteiger charge is -2.14. The van der Waals surface area contributed by atoms with Crippen LogP contribution in [0.4, 0.5) is 0 Å². The van der Waals surface area contributed by atoms with E-state index in [1.54, 1.807) is 18.2 Å². The molecule has 0 fully saturated rings. The van der Waals surface area contributed by atoms with E-state index in [0.29, 0.717) is 17.9 Å². The number of alkyl halides is 1. The molecule has 0 heterocycles. The molecule has 1 aromatic rings. The number of aliphatic hydroxyl groups is 1. The van der Waals surface area contributed by atoms with Crippen molar-refractivity contribution in [2.24, 2.45) is 0 Å². The molecule has 0 aromatic heterocycles. The Morgan fingerprint density at radius 1 is 1.56 bits per heavy atom. The Morgan fingerprint density at radius 2 is 2.31 bits per heavy atom. The van der Waals surface area contributed by atoms with Crippen molar-refractivity contribution < 1.29 is 9.90 Å². The third-order valence-corrected chi connectivity index (χ3v) is 2.70. The average Bonchev–Trinajstić information content (AvgIpc) is 2.35. The van der Waals surface area contributed by atoms with Crippen molar-refractivity contribution in [3.05, 3.63) is 35.4 Å². The molecule has 1 aromatic carbocycles. The Labute approximate surface area is 100 Å². The van der Waals surface area contributed by atoms with E-state index in [1.165, 1.54) is 0 Å². The van der Waals surface area contributed by atoms with Crippen LogP contribution in [0.2, 0.25) is 0 Å². The average molecular weight is 242 g/mol. The van der Waals surface area contributed by atoms with Gasteiger partial charge in [0, 0.05) is 11.4 Å². The molecule has 0 aliphatic heterocycles. The molecule has 0 radical (unpaired) electrons. The predicted octanol–water partition coefficient (Wildman–Crippen LogP) is 1.93. The van der Waals surface area contributed by atoms with E-state index in [1.807, 2.05) is 13.0 Å². The summed E-state index contributed by atoms with van der Waals surface area (Å²) in [4.78, 5) is 11.8. The molecule has 0 aliphatic carbocycles. The van der Waals surface area contributed by atoms with E-state index in [4.69, 9.17) is 16.7 Å². The number of benzene rings is 1. The monoisotopic (exact) mass is 241 g/mol. The van der Waals surface area contributed by atoms with Crippen molar-refractivity contribution in [3.8, 4) is 0 Å². The molecular formula is C12H16ClNO2. The standard InChI is InChI=1S/C12H16ClNO2/c1-2-11(8-15)14-12(16)10-5-3-4-9(6-10)7-13/h3-6,11,15H,2,7-8H2,1H3,(H,14,16)/t11-/m1/s1. The first kappa shape index (κ1) is 13.0. The highest BCUT2D eigenvalue weighted by atomic mass is 35.5. The van der Waals surface area contributed by atoms with E-state index in [-0.39, 0.29) is 18.6 Å². The summed E-state index contributed by atoms with van der Waals surface area (Å²) in [6, 6.07) is 6.97. The Bertz CT molecular complexity index is 351. The van der Waals surface area contributed by atoms with Crippen LogP contribution in [0.1, 0.15) is 29.3 Å². The predicted molar refractivity (Wildman–Crippen MR) is 64.6 cm³/mol. The molecule has 0 unspecified atom stereocenters. The normalized spacial score (nSPS) is 12.2. The van der Waals surface area contributed by atoms with Crippen LogP contribution in [-0.2, 0) is 5.88 Å². The van der Waals surface area contributed by atoms with Gasteiger partial charge in [0.1, 0.15) is 0 Å². The van der Waals surface area contributed by atoms with Crippen molar-refractivity contribution in [1.82, 2.24) is 5.32 Å². The maximum Gasteiger partial charge on any atom is 0.251 e. The Balaban J connectivity index is 2.72. The number of rotatable bonds is 5. The highest BCUT2D eigenvalue weighted by Crippen LogP contribution is 2.08. The molecule has 1 atom stereocenters. The molecule has 0 aliphatic rings. The number of hydrogen-bond donors (Lipinski definition) is 2. The highest BCUT2D eigenvalue weighted by molar-refractivity contribution is 6.17. The van der Waals surface area contributed by atoms with Crippen molar-refractivity contribution in [2.75, 3.05) is 6.61 Å². The molecule has 0 saturated heterocycles. The van der Waals surface area contributed by atoms with Crippen molar-refractivity contribution in [1.29, 1.82) is 0 Å². The van der Waals surface area contributed by atoms with Crippen LogP contribution < -0.4 is 5.32 Å². The first-order valence-electron chi connectivity index (χ1n) is 5.27. The summed E-state index contributed by atoms with van der Waals surface area (Å²) in [7, 11) is 0. The summed E-state index contributed by atoms with van der Waals surface area (Å²) in [5, 5.41) is 11.7. The molecule has 3 nitrogen and oxygen atoms in total. The second kappa shape index (κ2) is 6.51. The minimum atomic E-state index is -0.188. The van der Waals surface area contributed by atoms with Crippen molar-refractivity contribution in [2.45, 2.75) is 25.3 Å². The topological polar surface area (TPSA) is 49.3 Å².